The van der Waals surface area contributed by atoms with Gasteiger partial charge in [0.2, 0.25) is 5.91 Å². The summed E-state index contributed by atoms with van der Waals surface area (Å²) in [6.07, 6.45) is -0.111. The topological polar surface area (TPSA) is 63.2 Å². The highest BCUT2D eigenvalue weighted by Crippen LogP contribution is 2.20. The Kier molecular flexibility index (Phi) is 5.84. The van der Waals surface area contributed by atoms with Crippen LogP contribution >= 0.6 is 27.5 Å². The van der Waals surface area contributed by atoms with E-state index in [1.807, 2.05) is 19.1 Å². The van der Waals surface area contributed by atoms with Crippen LogP contribution in [0.5, 0.6) is 0 Å². The largest absolute Gasteiger partial charge is 0.326 e. The van der Waals surface area contributed by atoms with Gasteiger partial charge in [0, 0.05) is 21.6 Å². The maximum absolute atomic E-state index is 12.2. The highest BCUT2D eigenvalue weighted by atomic mass is 79.9. The zero-order valence-corrected chi connectivity index (χ0v) is 15.5. The third-order valence-electron chi connectivity index (χ3n) is 3.23. The Morgan fingerprint density at radius 3 is 2.43 bits per heavy atom. The van der Waals surface area contributed by atoms with Crippen LogP contribution in [0.25, 0.3) is 0 Å². The lowest BCUT2D eigenvalue weighted by atomic mass is 10.2. The number of hydrogen-bond donors (Lipinski definition) is 1. The Hall–Kier alpha value is -1.37. The number of sulfone groups is 1. The Bertz CT molecular complexity index is 820. The Morgan fingerprint density at radius 1 is 1.17 bits per heavy atom. The number of rotatable bonds is 5. The van der Waals surface area contributed by atoms with Crippen LogP contribution < -0.4 is 5.32 Å². The van der Waals surface area contributed by atoms with Crippen molar-refractivity contribution in [1.29, 1.82) is 0 Å². The van der Waals surface area contributed by atoms with E-state index >= 15 is 0 Å². The maximum atomic E-state index is 12.2. The summed E-state index contributed by atoms with van der Waals surface area (Å²) in [5.41, 5.74) is 1.57. The molecule has 2 rings (SSSR count). The van der Waals surface area contributed by atoms with Crippen LogP contribution in [0, 0.1) is 6.92 Å². The standard InChI is InChI=1S/C16H15BrClNO3S/c1-11-10-12(17)2-7-15(11)19-16(20)8-9-23(21,22)14-5-3-13(18)4-6-14/h2-7,10H,8-9H2,1H3,(H,19,20). The van der Waals surface area contributed by atoms with Gasteiger partial charge in [-0.15, -0.1) is 0 Å². The van der Waals surface area contributed by atoms with E-state index in [2.05, 4.69) is 21.2 Å². The molecule has 1 N–H and O–H groups in total. The van der Waals surface area contributed by atoms with Crippen LogP contribution in [0.1, 0.15) is 12.0 Å². The molecule has 0 aliphatic carbocycles. The molecule has 7 heteroatoms. The second-order valence-corrected chi connectivity index (χ2v) is 8.49. The van der Waals surface area contributed by atoms with Crippen LogP contribution in [0.2, 0.25) is 5.02 Å². The molecule has 0 aliphatic heterocycles. The van der Waals surface area contributed by atoms with E-state index in [0.29, 0.717) is 10.7 Å². The van der Waals surface area contributed by atoms with Gasteiger partial charge in [0.15, 0.2) is 9.84 Å². The highest BCUT2D eigenvalue weighted by Gasteiger charge is 2.16. The van der Waals surface area contributed by atoms with Gasteiger partial charge in [-0.05, 0) is 55.0 Å². The number of carbonyl (C=O) groups excluding carboxylic acids is 1. The summed E-state index contributed by atoms with van der Waals surface area (Å²) >= 11 is 9.09. The van der Waals surface area contributed by atoms with Gasteiger partial charge in [-0.25, -0.2) is 8.42 Å². The monoisotopic (exact) mass is 415 g/mol. The van der Waals surface area contributed by atoms with Crippen molar-refractivity contribution in [3.63, 3.8) is 0 Å². The van der Waals surface area contributed by atoms with E-state index in [9.17, 15) is 13.2 Å². The van der Waals surface area contributed by atoms with E-state index in [0.717, 1.165) is 10.0 Å². The molecule has 0 spiro atoms. The Labute approximate surface area is 148 Å². The minimum absolute atomic E-state index is 0.111. The third-order valence-corrected chi connectivity index (χ3v) is 5.71. The number of hydrogen-bond acceptors (Lipinski definition) is 3. The molecule has 0 saturated carbocycles. The Balaban J connectivity index is 1.99. The summed E-state index contributed by atoms with van der Waals surface area (Å²) in [4.78, 5) is 12.1. The second-order valence-electron chi connectivity index (χ2n) is 5.03. The number of halogens is 2. The molecule has 0 bridgehead atoms. The average Bonchev–Trinajstić information content (AvgIpc) is 2.49. The molecule has 4 nitrogen and oxygen atoms in total. The first kappa shape index (κ1) is 18.0. The van der Waals surface area contributed by atoms with Gasteiger partial charge in [0.25, 0.3) is 0 Å². The number of anilines is 1. The number of amides is 1. The minimum Gasteiger partial charge on any atom is -0.326 e. The van der Waals surface area contributed by atoms with E-state index < -0.39 is 9.84 Å². The van der Waals surface area contributed by atoms with Crippen molar-refractivity contribution in [1.82, 2.24) is 0 Å². The quantitative estimate of drug-likeness (QED) is 0.794. The van der Waals surface area contributed by atoms with Gasteiger partial charge >= 0.3 is 0 Å². The first-order chi connectivity index (χ1) is 10.8. The maximum Gasteiger partial charge on any atom is 0.225 e. The van der Waals surface area contributed by atoms with E-state index in [1.54, 1.807) is 6.07 Å². The second kappa shape index (κ2) is 7.47. The molecule has 23 heavy (non-hydrogen) atoms. The van der Waals surface area contributed by atoms with E-state index in [-0.39, 0.29) is 23.0 Å². The predicted octanol–water partition coefficient (Wildman–Crippen LogP) is 4.21. The molecule has 2 aromatic rings. The summed E-state index contributed by atoms with van der Waals surface area (Å²) in [5.74, 6) is -0.594. The summed E-state index contributed by atoms with van der Waals surface area (Å²) < 4.78 is 25.3. The zero-order chi connectivity index (χ0) is 17.0. The number of aryl methyl sites for hydroxylation is 1. The van der Waals surface area contributed by atoms with Gasteiger partial charge in [-0.1, -0.05) is 27.5 Å². The highest BCUT2D eigenvalue weighted by molar-refractivity contribution is 9.10. The molecule has 0 heterocycles. The zero-order valence-electron chi connectivity index (χ0n) is 12.3. The van der Waals surface area contributed by atoms with Crippen molar-refractivity contribution < 1.29 is 13.2 Å². The predicted molar refractivity (Wildman–Crippen MR) is 95.6 cm³/mol. The summed E-state index contributed by atoms with van der Waals surface area (Å²) in [6.45, 7) is 1.87. The van der Waals surface area contributed by atoms with Gasteiger partial charge in [0.1, 0.15) is 0 Å². The van der Waals surface area contributed by atoms with Crippen molar-refractivity contribution >= 4 is 49.0 Å². The van der Waals surface area contributed by atoms with Crippen molar-refractivity contribution in [2.75, 3.05) is 11.1 Å². The normalized spacial score (nSPS) is 11.3. The van der Waals surface area contributed by atoms with Crippen LogP contribution in [-0.4, -0.2) is 20.1 Å². The fourth-order valence-electron chi connectivity index (χ4n) is 1.97. The van der Waals surface area contributed by atoms with E-state index in [4.69, 9.17) is 11.6 Å². The van der Waals surface area contributed by atoms with Gasteiger partial charge in [-0.3, -0.25) is 4.79 Å². The fourth-order valence-corrected chi connectivity index (χ4v) is 3.81. The SMILES string of the molecule is Cc1cc(Br)ccc1NC(=O)CCS(=O)(=O)c1ccc(Cl)cc1. The first-order valence-corrected chi connectivity index (χ1v) is 9.64. The lowest BCUT2D eigenvalue weighted by Crippen LogP contribution is -2.18. The molecule has 0 radical (unpaired) electrons. The molecule has 0 fully saturated rings. The summed E-state index contributed by atoms with van der Waals surface area (Å²) in [6, 6.07) is 11.4. The van der Waals surface area contributed by atoms with Crippen LogP contribution in [0.4, 0.5) is 5.69 Å². The number of carbonyl (C=O) groups is 1. The molecule has 0 aliphatic rings. The van der Waals surface area contributed by atoms with Crippen molar-refractivity contribution in [3.05, 3.63) is 57.5 Å². The van der Waals surface area contributed by atoms with Gasteiger partial charge in [0.05, 0.1) is 10.6 Å². The lowest BCUT2D eigenvalue weighted by Gasteiger charge is -2.09. The van der Waals surface area contributed by atoms with Crippen molar-refractivity contribution in [2.45, 2.75) is 18.2 Å². The van der Waals surface area contributed by atoms with E-state index in [1.165, 1.54) is 24.3 Å². The molecule has 0 aromatic heterocycles. The lowest BCUT2D eigenvalue weighted by molar-refractivity contribution is -0.115. The third kappa shape index (κ3) is 5.06. The fraction of sp³-hybridized carbons (Fsp3) is 0.188. The molecular weight excluding hydrogens is 402 g/mol. The molecule has 0 atom stereocenters. The molecule has 2 aromatic carbocycles. The number of benzene rings is 2. The van der Waals surface area contributed by atoms with Crippen LogP contribution in [-0.2, 0) is 14.6 Å². The molecule has 1 amide bonds. The van der Waals surface area contributed by atoms with Crippen LogP contribution in [0.3, 0.4) is 0 Å². The van der Waals surface area contributed by atoms with Crippen molar-refractivity contribution in [2.24, 2.45) is 0 Å². The summed E-state index contributed by atoms with van der Waals surface area (Å²) in [7, 11) is -3.51. The van der Waals surface area contributed by atoms with Gasteiger partial charge in [-0.2, -0.15) is 0 Å². The molecular formula is C16H15BrClNO3S. The number of nitrogens with one attached hydrogen (secondary N) is 1. The molecule has 0 unspecified atom stereocenters. The smallest absolute Gasteiger partial charge is 0.225 e. The molecule has 0 saturated heterocycles. The first-order valence-electron chi connectivity index (χ1n) is 6.82. The van der Waals surface area contributed by atoms with Gasteiger partial charge < -0.3 is 5.32 Å². The van der Waals surface area contributed by atoms with Crippen molar-refractivity contribution in [3.8, 4) is 0 Å². The van der Waals surface area contributed by atoms with Crippen LogP contribution in [0.15, 0.2) is 51.8 Å². The summed E-state index contributed by atoms with van der Waals surface area (Å²) in [5, 5.41) is 3.19. The molecule has 122 valence electrons. The Morgan fingerprint density at radius 2 is 1.83 bits per heavy atom. The minimum atomic E-state index is -3.51. The average molecular weight is 417 g/mol.